The minimum atomic E-state index is -3.71. The van der Waals surface area contributed by atoms with Crippen LogP contribution in [0.5, 0.6) is 0 Å². The molecule has 23 heavy (non-hydrogen) atoms. The number of sulfonamides is 1. The molecule has 0 radical (unpaired) electrons. The molecule has 0 aliphatic carbocycles. The summed E-state index contributed by atoms with van der Waals surface area (Å²) < 4.78 is 28.8. The van der Waals surface area contributed by atoms with E-state index in [-0.39, 0.29) is 5.03 Å². The highest BCUT2D eigenvalue weighted by Gasteiger charge is 2.17. The molecule has 0 fully saturated rings. The van der Waals surface area contributed by atoms with Gasteiger partial charge >= 0.3 is 0 Å². The van der Waals surface area contributed by atoms with Crippen LogP contribution < -0.4 is 4.72 Å². The molecule has 4 aromatic rings. The molecule has 4 rings (SSSR count). The van der Waals surface area contributed by atoms with Crippen LogP contribution in [0.4, 0.5) is 5.69 Å². The maximum absolute atomic E-state index is 12.3. The van der Waals surface area contributed by atoms with Crippen molar-refractivity contribution in [2.45, 2.75) is 5.03 Å². The van der Waals surface area contributed by atoms with Gasteiger partial charge < -0.3 is 9.55 Å². The fourth-order valence-corrected chi connectivity index (χ4v) is 3.56. The van der Waals surface area contributed by atoms with Crippen molar-refractivity contribution in [1.29, 1.82) is 0 Å². The molecule has 0 spiro atoms. The summed E-state index contributed by atoms with van der Waals surface area (Å²) in [6.07, 6.45) is 4.61. The number of pyridine rings is 1. The molecule has 0 atom stereocenters. The molecule has 8 heteroatoms. The van der Waals surface area contributed by atoms with Crippen LogP contribution in [-0.2, 0) is 17.1 Å². The predicted molar refractivity (Wildman–Crippen MR) is 87.6 cm³/mol. The van der Waals surface area contributed by atoms with Crippen molar-refractivity contribution in [2.24, 2.45) is 7.05 Å². The van der Waals surface area contributed by atoms with Gasteiger partial charge in [-0.15, -0.1) is 0 Å². The molecule has 3 heterocycles. The number of imidazole rings is 1. The zero-order valence-corrected chi connectivity index (χ0v) is 13.0. The molecule has 0 bridgehead atoms. The molecule has 2 N–H and O–H groups in total. The first kappa shape index (κ1) is 13.8. The number of aryl methyl sites for hydroxylation is 1. The Morgan fingerprint density at radius 2 is 2.04 bits per heavy atom. The van der Waals surface area contributed by atoms with Crippen LogP contribution in [0.2, 0.25) is 0 Å². The van der Waals surface area contributed by atoms with Gasteiger partial charge in [0.25, 0.3) is 10.0 Å². The van der Waals surface area contributed by atoms with E-state index in [1.807, 2.05) is 18.2 Å². The van der Waals surface area contributed by atoms with Crippen molar-refractivity contribution in [3.05, 3.63) is 49.1 Å². The van der Waals surface area contributed by atoms with E-state index in [2.05, 4.69) is 19.7 Å². The van der Waals surface area contributed by atoms with E-state index in [0.717, 1.165) is 21.9 Å². The second-order valence-corrected chi connectivity index (χ2v) is 6.90. The van der Waals surface area contributed by atoms with Gasteiger partial charge in [-0.2, -0.15) is 8.42 Å². The van der Waals surface area contributed by atoms with Crippen LogP contribution >= 0.6 is 0 Å². The number of nitrogens with zero attached hydrogens (tertiary/aromatic N) is 3. The third-order valence-electron chi connectivity index (χ3n) is 3.58. The van der Waals surface area contributed by atoms with E-state index in [1.54, 1.807) is 29.9 Å². The normalized spacial score (nSPS) is 12.0. The van der Waals surface area contributed by atoms with Crippen molar-refractivity contribution in [1.82, 2.24) is 19.5 Å². The lowest BCUT2D eigenvalue weighted by Gasteiger charge is -2.05. The smallest absolute Gasteiger partial charge is 0.280 e. The fraction of sp³-hybridized carbons (Fsp3) is 0.0667. The Kier molecular flexibility index (Phi) is 2.88. The van der Waals surface area contributed by atoms with E-state index in [1.165, 1.54) is 12.5 Å². The molecular formula is C15H13N5O2S. The molecular weight excluding hydrogens is 314 g/mol. The highest BCUT2D eigenvalue weighted by molar-refractivity contribution is 7.92. The number of H-pyrrole nitrogens is 1. The Morgan fingerprint density at radius 1 is 1.17 bits per heavy atom. The van der Waals surface area contributed by atoms with Gasteiger partial charge in [-0.1, -0.05) is 0 Å². The first-order chi connectivity index (χ1) is 11.0. The van der Waals surface area contributed by atoms with Gasteiger partial charge in [-0.05, 0) is 30.3 Å². The van der Waals surface area contributed by atoms with Gasteiger partial charge in [-0.3, -0.25) is 4.72 Å². The Morgan fingerprint density at radius 3 is 2.83 bits per heavy atom. The summed E-state index contributed by atoms with van der Waals surface area (Å²) in [5.74, 6) is 0. The minimum Gasteiger partial charge on any atom is -0.339 e. The number of aromatic amines is 1. The summed E-state index contributed by atoms with van der Waals surface area (Å²) in [6.45, 7) is 0. The Balaban J connectivity index is 1.79. The SMILES string of the molecule is Cn1cnc(S(=O)(=O)Nc2ccc3[nH]c4ncccc4c3c2)c1. The summed E-state index contributed by atoms with van der Waals surface area (Å²) in [6, 6.07) is 9.11. The van der Waals surface area contributed by atoms with Crippen LogP contribution in [0.15, 0.2) is 54.1 Å². The number of anilines is 1. The highest BCUT2D eigenvalue weighted by Crippen LogP contribution is 2.27. The lowest BCUT2D eigenvalue weighted by atomic mass is 10.2. The topological polar surface area (TPSA) is 92.7 Å². The van der Waals surface area contributed by atoms with E-state index < -0.39 is 10.0 Å². The number of hydrogen-bond acceptors (Lipinski definition) is 4. The number of hydrogen-bond donors (Lipinski definition) is 2. The predicted octanol–water partition coefficient (Wildman–Crippen LogP) is 2.25. The van der Waals surface area contributed by atoms with Gasteiger partial charge in [0.15, 0.2) is 5.03 Å². The first-order valence-electron chi connectivity index (χ1n) is 6.90. The average Bonchev–Trinajstić information content (AvgIpc) is 3.11. The number of rotatable bonds is 3. The Labute approximate surface area is 132 Å². The summed E-state index contributed by atoms with van der Waals surface area (Å²) >= 11 is 0. The van der Waals surface area contributed by atoms with Crippen LogP contribution in [0, 0.1) is 0 Å². The standard InChI is InChI=1S/C15H13N5O2S/c1-20-8-14(17-9-20)23(21,22)19-10-4-5-13-12(7-10)11-3-2-6-16-15(11)18-13/h2-9,19H,1H3,(H,16,18). The second-order valence-electron chi connectivity index (χ2n) is 5.27. The van der Waals surface area contributed by atoms with Crippen LogP contribution in [0.3, 0.4) is 0 Å². The summed E-state index contributed by atoms with van der Waals surface area (Å²) in [4.78, 5) is 11.3. The van der Waals surface area contributed by atoms with Gasteiger partial charge in [0.05, 0.1) is 6.33 Å². The van der Waals surface area contributed by atoms with Gasteiger partial charge in [0.2, 0.25) is 0 Å². The molecule has 0 saturated heterocycles. The summed E-state index contributed by atoms with van der Waals surface area (Å²) in [5.41, 5.74) is 2.15. The Bertz CT molecular complexity index is 1130. The second kappa shape index (κ2) is 4.82. The van der Waals surface area contributed by atoms with Gasteiger partial charge in [0, 0.05) is 41.4 Å². The van der Waals surface area contributed by atoms with Gasteiger partial charge in [0.1, 0.15) is 5.65 Å². The Hall–Kier alpha value is -2.87. The molecule has 3 aromatic heterocycles. The minimum absolute atomic E-state index is 0.0132. The lowest BCUT2D eigenvalue weighted by Crippen LogP contribution is -2.13. The van der Waals surface area contributed by atoms with Crippen molar-refractivity contribution in [3.8, 4) is 0 Å². The van der Waals surface area contributed by atoms with E-state index in [4.69, 9.17) is 0 Å². The maximum atomic E-state index is 12.3. The van der Waals surface area contributed by atoms with Crippen LogP contribution in [0.25, 0.3) is 21.9 Å². The molecule has 0 saturated carbocycles. The quantitative estimate of drug-likeness (QED) is 0.603. The lowest BCUT2D eigenvalue weighted by molar-refractivity contribution is 0.598. The molecule has 0 aliphatic rings. The molecule has 0 amide bonds. The number of aromatic nitrogens is 4. The molecule has 7 nitrogen and oxygen atoms in total. The first-order valence-corrected chi connectivity index (χ1v) is 8.38. The van der Waals surface area contributed by atoms with Crippen molar-refractivity contribution < 1.29 is 8.42 Å². The number of fused-ring (bicyclic) bond motifs is 3. The van der Waals surface area contributed by atoms with E-state index >= 15 is 0 Å². The molecule has 0 unspecified atom stereocenters. The monoisotopic (exact) mass is 327 g/mol. The number of nitrogens with one attached hydrogen (secondary N) is 2. The van der Waals surface area contributed by atoms with Gasteiger partial charge in [-0.25, -0.2) is 9.97 Å². The zero-order chi connectivity index (χ0) is 16.0. The third-order valence-corrected chi connectivity index (χ3v) is 4.85. The van der Waals surface area contributed by atoms with Crippen molar-refractivity contribution in [2.75, 3.05) is 4.72 Å². The maximum Gasteiger partial charge on any atom is 0.280 e. The summed E-state index contributed by atoms with van der Waals surface area (Å²) in [5, 5.41) is 1.84. The van der Waals surface area contributed by atoms with Crippen molar-refractivity contribution >= 4 is 37.6 Å². The third kappa shape index (κ3) is 2.33. The number of benzene rings is 1. The van der Waals surface area contributed by atoms with E-state index in [0.29, 0.717) is 5.69 Å². The fourth-order valence-electron chi connectivity index (χ4n) is 2.52. The van der Waals surface area contributed by atoms with Crippen LogP contribution in [-0.4, -0.2) is 27.9 Å². The molecule has 116 valence electrons. The van der Waals surface area contributed by atoms with E-state index in [9.17, 15) is 8.42 Å². The highest BCUT2D eigenvalue weighted by atomic mass is 32.2. The summed E-state index contributed by atoms with van der Waals surface area (Å²) in [7, 11) is -1.99. The van der Waals surface area contributed by atoms with Crippen LogP contribution in [0.1, 0.15) is 0 Å². The zero-order valence-electron chi connectivity index (χ0n) is 12.2. The van der Waals surface area contributed by atoms with Crippen molar-refractivity contribution in [3.63, 3.8) is 0 Å². The molecule has 0 aliphatic heterocycles. The molecule has 1 aromatic carbocycles. The largest absolute Gasteiger partial charge is 0.339 e. The average molecular weight is 327 g/mol.